The lowest BCUT2D eigenvalue weighted by atomic mass is 10.0. The lowest BCUT2D eigenvalue weighted by Crippen LogP contribution is -2.27. The van der Waals surface area contributed by atoms with E-state index in [2.05, 4.69) is 17.2 Å². The molecule has 0 unspecified atom stereocenters. The minimum atomic E-state index is -0.345. The van der Waals surface area contributed by atoms with Gasteiger partial charge in [-0.1, -0.05) is 23.5 Å². The molecule has 0 spiro atoms. The van der Waals surface area contributed by atoms with Crippen LogP contribution in [0.25, 0.3) is 0 Å². The number of hydrogen-bond acceptors (Lipinski definition) is 4. The Labute approximate surface area is 124 Å². The van der Waals surface area contributed by atoms with Crippen LogP contribution < -0.4 is 5.32 Å². The van der Waals surface area contributed by atoms with Gasteiger partial charge in [0.25, 0.3) is 5.91 Å². The molecule has 0 aliphatic carbocycles. The predicted molar refractivity (Wildman–Crippen MR) is 78.7 cm³/mol. The van der Waals surface area contributed by atoms with Crippen molar-refractivity contribution in [1.82, 2.24) is 5.32 Å². The van der Waals surface area contributed by atoms with Crippen molar-refractivity contribution in [2.24, 2.45) is 0 Å². The smallest absolute Gasteiger partial charge is 0.307 e. The number of rotatable bonds is 5. The number of carbonyl (C=O) groups excluding carboxylic acids is 2. The molecule has 0 fully saturated rings. The fourth-order valence-corrected chi connectivity index (χ4v) is 1.70. The van der Waals surface area contributed by atoms with Gasteiger partial charge in [0.2, 0.25) is 0 Å². The van der Waals surface area contributed by atoms with E-state index in [-0.39, 0.29) is 31.4 Å². The minimum Gasteiger partial charge on any atom is -0.466 e. The topological polar surface area (TPSA) is 75.6 Å². The van der Waals surface area contributed by atoms with Gasteiger partial charge in [0.15, 0.2) is 0 Å². The van der Waals surface area contributed by atoms with Gasteiger partial charge in [0, 0.05) is 12.1 Å². The van der Waals surface area contributed by atoms with Crippen LogP contribution in [0.2, 0.25) is 0 Å². The fraction of sp³-hybridized carbons (Fsp3) is 0.375. The van der Waals surface area contributed by atoms with Gasteiger partial charge >= 0.3 is 5.97 Å². The zero-order valence-electron chi connectivity index (χ0n) is 12.2. The molecule has 0 heterocycles. The summed E-state index contributed by atoms with van der Waals surface area (Å²) in [6.07, 6.45) is 0.128. The number of carbonyl (C=O) groups is 2. The molecule has 1 aromatic rings. The lowest BCUT2D eigenvalue weighted by molar-refractivity contribution is -0.142. The zero-order chi connectivity index (χ0) is 15.7. The van der Waals surface area contributed by atoms with E-state index in [9.17, 15) is 9.59 Å². The van der Waals surface area contributed by atoms with Crippen LogP contribution >= 0.6 is 0 Å². The van der Waals surface area contributed by atoms with Crippen LogP contribution in [0, 0.1) is 18.8 Å². The maximum atomic E-state index is 12.1. The van der Waals surface area contributed by atoms with Crippen LogP contribution in [0.15, 0.2) is 18.2 Å². The second kappa shape index (κ2) is 8.77. The SMILES string of the molecule is CCOC(=O)CCNC(=O)c1cc(C)ccc1C#CCO. The number of amides is 1. The van der Waals surface area contributed by atoms with Gasteiger partial charge < -0.3 is 15.2 Å². The summed E-state index contributed by atoms with van der Waals surface area (Å²) in [5.41, 5.74) is 1.91. The summed E-state index contributed by atoms with van der Waals surface area (Å²) >= 11 is 0. The van der Waals surface area contributed by atoms with Crippen molar-refractivity contribution in [1.29, 1.82) is 0 Å². The second-order valence-corrected chi connectivity index (χ2v) is 4.32. The molecular formula is C16H19NO4. The van der Waals surface area contributed by atoms with Crippen LogP contribution in [0.1, 0.15) is 34.8 Å². The Morgan fingerprint density at radius 2 is 2.14 bits per heavy atom. The zero-order valence-corrected chi connectivity index (χ0v) is 12.2. The van der Waals surface area contributed by atoms with Crippen molar-refractivity contribution in [2.45, 2.75) is 20.3 Å². The lowest BCUT2D eigenvalue weighted by Gasteiger charge is -2.08. The van der Waals surface area contributed by atoms with Crippen molar-refractivity contribution in [2.75, 3.05) is 19.8 Å². The number of benzene rings is 1. The third kappa shape index (κ3) is 5.67. The van der Waals surface area contributed by atoms with Crippen LogP contribution in [0.3, 0.4) is 0 Å². The Morgan fingerprint density at radius 1 is 1.38 bits per heavy atom. The van der Waals surface area contributed by atoms with Gasteiger partial charge in [0.1, 0.15) is 6.61 Å². The summed E-state index contributed by atoms with van der Waals surface area (Å²) in [5.74, 6) is 4.61. The Bertz CT molecular complexity index is 569. The summed E-state index contributed by atoms with van der Waals surface area (Å²) in [7, 11) is 0. The summed E-state index contributed by atoms with van der Waals surface area (Å²) < 4.78 is 4.78. The Balaban J connectivity index is 2.72. The number of aryl methyl sites for hydroxylation is 1. The molecule has 112 valence electrons. The van der Waals surface area contributed by atoms with Crippen LogP contribution in [0.4, 0.5) is 0 Å². The Kier molecular flexibility index (Phi) is 6.99. The largest absolute Gasteiger partial charge is 0.466 e. The molecule has 2 N–H and O–H groups in total. The highest BCUT2D eigenvalue weighted by molar-refractivity contribution is 5.97. The van der Waals surface area contributed by atoms with Crippen LogP contribution in [0.5, 0.6) is 0 Å². The summed E-state index contributed by atoms with van der Waals surface area (Å²) in [4.78, 5) is 23.3. The first kappa shape index (κ1) is 16.7. The van der Waals surface area contributed by atoms with Crippen molar-refractivity contribution in [3.8, 4) is 11.8 Å². The number of nitrogens with one attached hydrogen (secondary N) is 1. The summed E-state index contributed by atoms with van der Waals surface area (Å²) in [5, 5.41) is 11.4. The second-order valence-electron chi connectivity index (χ2n) is 4.32. The van der Waals surface area contributed by atoms with E-state index in [0.717, 1.165) is 5.56 Å². The summed E-state index contributed by atoms with van der Waals surface area (Å²) in [6, 6.07) is 5.30. The number of aliphatic hydroxyl groups is 1. The van der Waals surface area contributed by atoms with Gasteiger partial charge in [-0.25, -0.2) is 0 Å². The highest BCUT2D eigenvalue weighted by Gasteiger charge is 2.11. The third-order valence-corrected chi connectivity index (χ3v) is 2.64. The monoisotopic (exact) mass is 289 g/mol. The molecule has 5 nitrogen and oxygen atoms in total. The molecule has 1 rings (SSSR count). The molecule has 0 saturated heterocycles. The number of esters is 1. The molecule has 0 aliphatic heterocycles. The molecule has 0 radical (unpaired) electrons. The van der Waals surface area contributed by atoms with E-state index < -0.39 is 0 Å². The van der Waals surface area contributed by atoms with Gasteiger partial charge in [-0.15, -0.1) is 0 Å². The first-order chi connectivity index (χ1) is 10.1. The molecule has 5 heteroatoms. The molecular weight excluding hydrogens is 270 g/mol. The van der Waals surface area contributed by atoms with E-state index in [1.807, 2.05) is 13.0 Å². The van der Waals surface area contributed by atoms with Crippen molar-refractivity contribution >= 4 is 11.9 Å². The molecule has 1 aromatic carbocycles. The van der Waals surface area contributed by atoms with Crippen molar-refractivity contribution in [3.63, 3.8) is 0 Å². The molecule has 0 aliphatic rings. The average Bonchev–Trinajstić information content (AvgIpc) is 2.46. The maximum Gasteiger partial charge on any atom is 0.307 e. The minimum absolute atomic E-state index is 0.128. The molecule has 0 atom stereocenters. The predicted octanol–water partition coefficient (Wildman–Crippen LogP) is 1.02. The molecule has 0 aromatic heterocycles. The molecule has 21 heavy (non-hydrogen) atoms. The first-order valence-corrected chi connectivity index (χ1v) is 6.72. The Morgan fingerprint density at radius 3 is 2.81 bits per heavy atom. The third-order valence-electron chi connectivity index (χ3n) is 2.64. The molecule has 0 bridgehead atoms. The van der Waals surface area contributed by atoms with Gasteiger partial charge in [0.05, 0.1) is 18.6 Å². The fourth-order valence-electron chi connectivity index (χ4n) is 1.70. The van der Waals surface area contributed by atoms with E-state index in [0.29, 0.717) is 17.7 Å². The van der Waals surface area contributed by atoms with Gasteiger partial charge in [-0.3, -0.25) is 9.59 Å². The average molecular weight is 289 g/mol. The number of ether oxygens (including phenoxy) is 1. The highest BCUT2D eigenvalue weighted by Crippen LogP contribution is 2.10. The van der Waals surface area contributed by atoms with Crippen molar-refractivity contribution < 1.29 is 19.4 Å². The van der Waals surface area contributed by atoms with Crippen LogP contribution in [-0.4, -0.2) is 36.7 Å². The molecule has 1 amide bonds. The Hall–Kier alpha value is -2.32. The van der Waals surface area contributed by atoms with Gasteiger partial charge in [-0.2, -0.15) is 0 Å². The molecule has 0 saturated carbocycles. The number of hydrogen-bond donors (Lipinski definition) is 2. The van der Waals surface area contributed by atoms with E-state index >= 15 is 0 Å². The van der Waals surface area contributed by atoms with Crippen LogP contribution in [-0.2, 0) is 9.53 Å². The van der Waals surface area contributed by atoms with E-state index in [1.165, 1.54) is 0 Å². The quantitative estimate of drug-likeness (QED) is 0.627. The maximum absolute atomic E-state index is 12.1. The van der Waals surface area contributed by atoms with Crippen molar-refractivity contribution in [3.05, 3.63) is 34.9 Å². The van der Waals surface area contributed by atoms with E-state index in [4.69, 9.17) is 9.84 Å². The standard InChI is InChI=1S/C16H19NO4/c1-3-21-15(19)8-9-17-16(20)14-11-12(2)6-7-13(14)5-4-10-18/h6-7,11,18H,3,8-10H2,1-2H3,(H,17,20). The normalized spacial score (nSPS) is 9.48. The first-order valence-electron chi connectivity index (χ1n) is 6.72. The van der Waals surface area contributed by atoms with Gasteiger partial charge in [-0.05, 0) is 26.0 Å². The van der Waals surface area contributed by atoms with E-state index in [1.54, 1.807) is 19.1 Å². The highest BCUT2D eigenvalue weighted by atomic mass is 16.5. The number of aliphatic hydroxyl groups excluding tert-OH is 1. The summed E-state index contributed by atoms with van der Waals surface area (Å²) in [6.45, 7) is 3.87.